The molecule has 1 nitrogen and oxygen atoms in total. The molecule has 0 heterocycles. The Balaban J connectivity index is 1.86. The molecule has 0 aromatic heterocycles. The predicted molar refractivity (Wildman–Crippen MR) is 116 cm³/mol. The van der Waals surface area contributed by atoms with Crippen molar-refractivity contribution in [3.05, 3.63) is 96.6 Å². The zero-order chi connectivity index (χ0) is 18.2. The quantitative estimate of drug-likeness (QED) is 0.572. The first-order chi connectivity index (χ1) is 12.7. The molecule has 0 aliphatic heterocycles. The third kappa shape index (κ3) is 5.53. The summed E-state index contributed by atoms with van der Waals surface area (Å²) < 4.78 is 0. The van der Waals surface area contributed by atoms with Gasteiger partial charge in [-0.1, -0.05) is 105 Å². The van der Waals surface area contributed by atoms with Gasteiger partial charge in [-0.15, -0.1) is 0 Å². The normalized spacial score (nSPS) is 12.5. The standard InChI is InChI=1S/C24H28NP/c1-20(2)25-22(18-21-12-6-3-7-13-21)19-26(23-14-8-4-9-15-23)24-16-10-5-11-17-24/h3-17,20,22,25H,18-19H2,1-2H3/t22-/m0/s1. The van der Waals surface area contributed by atoms with E-state index in [-0.39, 0.29) is 7.92 Å². The third-order valence-corrected chi connectivity index (χ3v) is 7.08. The highest BCUT2D eigenvalue weighted by Crippen LogP contribution is 2.34. The van der Waals surface area contributed by atoms with Crippen LogP contribution in [0.2, 0.25) is 0 Å². The van der Waals surface area contributed by atoms with Gasteiger partial charge < -0.3 is 5.32 Å². The predicted octanol–water partition coefficient (Wildman–Crippen LogP) is 4.73. The summed E-state index contributed by atoms with van der Waals surface area (Å²) in [5, 5.41) is 6.73. The van der Waals surface area contributed by atoms with Gasteiger partial charge in [-0.25, -0.2) is 0 Å². The largest absolute Gasteiger partial charge is 0.311 e. The summed E-state index contributed by atoms with van der Waals surface area (Å²) in [4.78, 5) is 0. The molecule has 3 rings (SSSR count). The van der Waals surface area contributed by atoms with E-state index in [1.165, 1.54) is 16.2 Å². The van der Waals surface area contributed by atoms with Gasteiger partial charge in [0.25, 0.3) is 0 Å². The molecule has 0 aliphatic carbocycles. The molecule has 1 N–H and O–H groups in total. The van der Waals surface area contributed by atoms with E-state index in [9.17, 15) is 0 Å². The van der Waals surface area contributed by atoms with Crippen LogP contribution in [-0.2, 0) is 6.42 Å². The van der Waals surface area contributed by atoms with Crippen LogP contribution in [0.15, 0.2) is 91.0 Å². The number of nitrogens with one attached hydrogen (secondary N) is 1. The first kappa shape index (κ1) is 18.8. The Kier molecular flexibility index (Phi) is 7.00. The van der Waals surface area contributed by atoms with Crippen molar-refractivity contribution in [2.45, 2.75) is 32.4 Å². The second-order valence-corrected chi connectivity index (χ2v) is 9.24. The summed E-state index contributed by atoms with van der Waals surface area (Å²) in [6, 6.07) is 33.8. The molecule has 0 saturated heterocycles. The summed E-state index contributed by atoms with van der Waals surface area (Å²) in [5.41, 5.74) is 1.40. The van der Waals surface area contributed by atoms with Gasteiger partial charge in [-0.05, 0) is 36.7 Å². The highest BCUT2D eigenvalue weighted by molar-refractivity contribution is 7.73. The van der Waals surface area contributed by atoms with Crippen molar-refractivity contribution in [1.29, 1.82) is 0 Å². The smallest absolute Gasteiger partial charge is 0.0155 e. The number of benzene rings is 3. The molecule has 0 fully saturated rings. The van der Waals surface area contributed by atoms with E-state index < -0.39 is 0 Å². The fourth-order valence-corrected chi connectivity index (χ4v) is 5.80. The average Bonchev–Trinajstić information content (AvgIpc) is 2.68. The van der Waals surface area contributed by atoms with Crippen LogP contribution < -0.4 is 15.9 Å². The van der Waals surface area contributed by atoms with E-state index in [4.69, 9.17) is 0 Å². The summed E-state index contributed by atoms with van der Waals surface area (Å²) in [5.74, 6) is 0. The lowest BCUT2D eigenvalue weighted by atomic mass is 10.1. The lowest BCUT2D eigenvalue weighted by molar-refractivity contribution is 0.492. The summed E-state index contributed by atoms with van der Waals surface area (Å²) in [7, 11) is -0.380. The first-order valence-corrected chi connectivity index (χ1v) is 10.9. The van der Waals surface area contributed by atoms with E-state index >= 15 is 0 Å². The molecule has 3 aromatic rings. The van der Waals surface area contributed by atoms with Gasteiger partial charge in [-0.2, -0.15) is 0 Å². The highest BCUT2D eigenvalue weighted by atomic mass is 31.1. The Bertz CT molecular complexity index is 716. The molecule has 3 aromatic carbocycles. The molecular weight excluding hydrogens is 333 g/mol. The lowest BCUT2D eigenvalue weighted by Crippen LogP contribution is -2.40. The van der Waals surface area contributed by atoms with Gasteiger partial charge in [0.2, 0.25) is 0 Å². The molecule has 0 aliphatic rings. The van der Waals surface area contributed by atoms with Crippen LogP contribution in [0.5, 0.6) is 0 Å². The van der Waals surface area contributed by atoms with Gasteiger partial charge in [0, 0.05) is 12.1 Å². The SMILES string of the molecule is CC(C)N[C@@H](Cc1ccccc1)CP(c1ccccc1)c1ccccc1. The second-order valence-electron chi connectivity index (χ2n) is 6.99. The van der Waals surface area contributed by atoms with E-state index in [1.807, 2.05) is 0 Å². The molecule has 0 spiro atoms. The minimum atomic E-state index is -0.380. The Morgan fingerprint density at radius 3 is 1.62 bits per heavy atom. The van der Waals surface area contributed by atoms with Crippen LogP contribution in [0.3, 0.4) is 0 Å². The Morgan fingerprint density at radius 2 is 1.15 bits per heavy atom. The molecule has 0 unspecified atom stereocenters. The monoisotopic (exact) mass is 361 g/mol. The molecule has 134 valence electrons. The molecule has 2 heteroatoms. The van der Waals surface area contributed by atoms with Gasteiger partial charge in [-0.3, -0.25) is 0 Å². The fraction of sp³-hybridized carbons (Fsp3) is 0.250. The van der Waals surface area contributed by atoms with Crippen molar-refractivity contribution in [2.24, 2.45) is 0 Å². The van der Waals surface area contributed by atoms with E-state index in [2.05, 4.69) is 110 Å². The molecule has 0 bridgehead atoms. The number of hydrogen-bond donors (Lipinski definition) is 1. The van der Waals surface area contributed by atoms with Gasteiger partial charge in [0.1, 0.15) is 0 Å². The zero-order valence-electron chi connectivity index (χ0n) is 15.7. The first-order valence-electron chi connectivity index (χ1n) is 9.40. The van der Waals surface area contributed by atoms with Gasteiger partial charge in [0.05, 0.1) is 0 Å². The molecule has 0 saturated carbocycles. The maximum Gasteiger partial charge on any atom is 0.0155 e. The summed E-state index contributed by atoms with van der Waals surface area (Å²) >= 11 is 0. The number of hydrogen-bond acceptors (Lipinski definition) is 1. The van der Waals surface area contributed by atoms with Gasteiger partial charge in [0.15, 0.2) is 0 Å². The zero-order valence-corrected chi connectivity index (χ0v) is 16.6. The van der Waals surface area contributed by atoms with Crippen molar-refractivity contribution in [3.63, 3.8) is 0 Å². The van der Waals surface area contributed by atoms with E-state index in [0.29, 0.717) is 12.1 Å². The number of rotatable bonds is 8. The third-order valence-electron chi connectivity index (χ3n) is 4.43. The van der Waals surface area contributed by atoms with Crippen molar-refractivity contribution in [2.75, 3.05) is 6.16 Å². The summed E-state index contributed by atoms with van der Waals surface area (Å²) in [6.07, 6.45) is 2.22. The Morgan fingerprint density at radius 1 is 0.692 bits per heavy atom. The molecule has 26 heavy (non-hydrogen) atoms. The average molecular weight is 361 g/mol. The van der Waals surface area contributed by atoms with Crippen molar-refractivity contribution in [1.82, 2.24) is 5.32 Å². The second kappa shape index (κ2) is 9.67. The Hall–Kier alpha value is -1.95. The maximum atomic E-state index is 3.81. The van der Waals surface area contributed by atoms with Crippen LogP contribution in [0.4, 0.5) is 0 Å². The molecule has 0 radical (unpaired) electrons. The lowest BCUT2D eigenvalue weighted by Gasteiger charge is -2.27. The molecule has 1 atom stereocenters. The molecular formula is C24H28NP. The van der Waals surface area contributed by atoms with Crippen LogP contribution >= 0.6 is 7.92 Å². The maximum absolute atomic E-state index is 3.81. The topological polar surface area (TPSA) is 12.0 Å². The van der Waals surface area contributed by atoms with Crippen molar-refractivity contribution in [3.8, 4) is 0 Å². The van der Waals surface area contributed by atoms with E-state index in [1.54, 1.807) is 0 Å². The minimum Gasteiger partial charge on any atom is -0.311 e. The van der Waals surface area contributed by atoms with Crippen molar-refractivity contribution < 1.29 is 0 Å². The van der Waals surface area contributed by atoms with Gasteiger partial charge >= 0.3 is 0 Å². The highest BCUT2D eigenvalue weighted by Gasteiger charge is 2.20. The van der Waals surface area contributed by atoms with Crippen LogP contribution in [-0.4, -0.2) is 18.2 Å². The van der Waals surface area contributed by atoms with E-state index in [0.717, 1.165) is 12.6 Å². The van der Waals surface area contributed by atoms with Crippen LogP contribution in [0.1, 0.15) is 19.4 Å². The molecule has 0 amide bonds. The van der Waals surface area contributed by atoms with Crippen LogP contribution in [0, 0.1) is 0 Å². The summed E-state index contributed by atoms with van der Waals surface area (Å²) in [6.45, 7) is 4.48. The minimum absolute atomic E-state index is 0.380. The van der Waals surface area contributed by atoms with Crippen molar-refractivity contribution >= 4 is 18.5 Å². The fourth-order valence-electron chi connectivity index (χ4n) is 3.34. The Labute approximate surface area is 159 Å². The van der Waals surface area contributed by atoms with Crippen LogP contribution in [0.25, 0.3) is 0 Å².